The zero-order valence-electron chi connectivity index (χ0n) is 10.3. The van der Waals surface area contributed by atoms with Gasteiger partial charge in [0.05, 0.1) is 15.2 Å². The molecule has 0 saturated carbocycles. The lowest BCUT2D eigenvalue weighted by Crippen LogP contribution is -2.28. The molecule has 0 spiro atoms. The Bertz CT molecular complexity index is 436. The fourth-order valence-corrected chi connectivity index (χ4v) is 2.87. The van der Waals surface area contributed by atoms with Gasteiger partial charge >= 0.3 is 0 Å². The van der Waals surface area contributed by atoms with Crippen molar-refractivity contribution in [2.24, 2.45) is 0 Å². The van der Waals surface area contributed by atoms with Gasteiger partial charge in [-0.25, -0.2) is 4.98 Å². The van der Waals surface area contributed by atoms with E-state index in [0.717, 1.165) is 25.0 Å². The van der Waals surface area contributed by atoms with Gasteiger partial charge in [-0.2, -0.15) is 0 Å². The highest BCUT2D eigenvalue weighted by Gasteiger charge is 2.10. The molecular formula is C13H18N2OS. The molecule has 3 nitrogen and oxygen atoms in total. The molecule has 1 N–H and O–H groups in total. The normalized spacial score (nSPS) is 13.1. The lowest BCUT2D eigenvalue weighted by Gasteiger charge is -2.13. The first-order chi connectivity index (χ1) is 8.33. The Kier molecular flexibility index (Phi) is 4.48. The Hall–Kier alpha value is -0.970. The van der Waals surface area contributed by atoms with E-state index in [9.17, 15) is 0 Å². The minimum atomic E-state index is 0.440. The third kappa shape index (κ3) is 3.25. The van der Waals surface area contributed by atoms with Gasteiger partial charge in [0.1, 0.15) is 0 Å². The number of nitrogens with one attached hydrogen (secondary N) is 1. The van der Waals surface area contributed by atoms with Gasteiger partial charge in [0.2, 0.25) is 0 Å². The van der Waals surface area contributed by atoms with Crippen molar-refractivity contribution >= 4 is 21.6 Å². The van der Waals surface area contributed by atoms with E-state index in [0.29, 0.717) is 6.04 Å². The number of benzene rings is 1. The molecule has 0 bridgehead atoms. The van der Waals surface area contributed by atoms with E-state index < -0.39 is 0 Å². The summed E-state index contributed by atoms with van der Waals surface area (Å²) in [7, 11) is 3.73. The monoisotopic (exact) mass is 250 g/mol. The molecule has 0 radical (unpaired) electrons. The minimum Gasteiger partial charge on any atom is -0.385 e. The van der Waals surface area contributed by atoms with Crippen LogP contribution in [0.15, 0.2) is 24.3 Å². The molecule has 2 rings (SSSR count). The molecule has 92 valence electrons. The van der Waals surface area contributed by atoms with Crippen molar-refractivity contribution in [2.45, 2.75) is 18.9 Å². The number of para-hydroxylation sites is 1. The lowest BCUT2D eigenvalue weighted by atomic mass is 10.1. The first-order valence-corrected chi connectivity index (χ1v) is 6.65. The van der Waals surface area contributed by atoms with Crippen LogP contribution < -0.4 is 5.32 Å². The zero-order chi connectivity index (χ0) is 12.1. The molecule has 1 aromatic heterocycles. The Morgan fingerprint density at radius 2 is 2.24 bits per heavy atom. The summed E-state index contributed by atoms with van der Waals surface area (Å²) in [5, 5.41) is 4.51. The molecule has 2 aromatic rings. The van der Waals surface area contributed by atoms with Gasteiger partial charge in [0, 0.05) is 26.2 Å². The van der Waals surface area contributed by atoms with Crippen molar-refractivity contribution in [2.75, 3.05) is 20.8 Å². The number of aromatic nitrogens is 1. The van der Waals surface area contributed by atoms with Crippen LogP contribution in [0.1, 0.15) is 11.4 Å². The van der Waals surface area contributed by atoms with E-state index in [4.69, 9.17) is 4.74 Å². The number of likely N-dealkylation sites (N-methyl/N-ethyl adjacent to an activating group) is 1. The number of hydrogen-bond acceptors (Lipinski definition) is 4. The van der Waals surface area contributed by atoms with Gasteiger partial charge in [0.25, 0.3) is 0 Å². The van der Waals surface area contributed by atoms with Crippen molar-refractivity contribution < 1.29 is 4.74 Å². The number of hydrogen-bond donors (Lipinski definition) is 1. The maximum Gasteiger partial charge on any atom is 0.0954 e. The molecule has 0 aliphatic heterocycles. The molecule has 17 heavy (non-hydrogen) atoms. The largest absolute Gasteiger partial charge is 0.385 e. The Morgan fingerprint density at radius 3 is 2.94 bits per heavy atom. The van der Waals surface area contributed by atoms with E-state index >= 15 is 0 Å². The Morgan fingerprint density at radius 1 is 1.41 bits per heavy atom. The summed E-state index contributed by atoms with van der Waals surface area (Å²) in [5.41, 5.74) is 1.11. The SMILES string of the molecule is CNC(CCOC)Cc1nc2ccccc2s1. The van der Waals surface area contributed by atoms with Crippen molar-refractivity contribution in [3.63, 3.8) is 0 Å². The topological polar surface area (TPSA) is 34.1 Å². The summed E-state index contributed by atoms with van der Waals surface area (Å²) in [6.07, 6.45) is 1.99. The van der Waals surface area contributed by atoms with E-state index in [-0.39, 0.29) is 0 Å². The van der Waals surface area contributed by atoms with E-state index in [1.165, 1.54) is 9.71 Å². The lowest BCUT2D eigenvalue weighted by molar-refractivity contribution is 0.184. The first kappa shape index (κ1) is 12.5. The second-order valence-corrected chi connectivity index (χ2v) is 5.16. The number of ether oxygens (including phenoxy) is 1. The van der Waals surface area contributed by atoms with Gasteiger partial charge in [-0.15, -0.1) is 11.3 Å². The van der Waals surface area contributed by atoms with Gasteiger partial charge in [-0.1, -0.05) is 12.1 Å². The minimum absolute atomic E-state index is 0.440. The van der Waals surface area contributed by atoms with Crippen LogP contribution in [-0.4, -0.2) is 31.8 Å². The van der Waals surface area contributed by atoms with Crippen LogP contribution in [0.5, 0.6) is 0 Å². The summed E-state index contributed by atoms with van der Waals surface area (Å²) in [4.78, 5) is 4.65. The zero-order valence-corrected chi connectivity index (χ0v) is 11.1. The quantitative estimate of drug-likeness (QED) is 0.855. The van der Waals surface area contributed by atoms with Crippen LogP contribution >= 0.6 is 11.3 Å². The highest BCUT2D eigenvalue weighted by Crippen LogP contribution is 2.22. The van der Waals surface area contributed by atoms with Crippen LogP contribution in [0, 0.1) is 0 Å². The molecular weight excluding hydrogens is 232 g/mol. The second kappa shape index (κ2) is 6.10. The van der Waals surface area contributed by atoms with Crippen molar-refractivity contribution in [3.05, 3.63) is 29.3 Å². The van der Waals surface area contributed by atoms with Crippen molar-refractivity contribution in [3.8, 4) is 0 Å². The summed E-state index contributed by atoms with van der Waals surface area (Å²) >= 11 is 1.78. The highest BCUT2D eigenvalue weighted by molar-refractivity contribution is 7.18. The standard InChI is InChI=1S/C13H18N2OS/c1-14-10(7-8-16-2)9-13-15-11-5-3-4-6-12(11)17-13/h3-6,10,14H,7-9H2,1-2H3. The van der Waals surface area contributed by atoms with Crippen LogP contribution in [0.4, 0.5) is 0 Å². The summed E-state index contributed by atoms with van der Waals surface area (Å²) in [5.74, 6) is 0. The fraction of sp³-hybridized carbons (Fsp3) is 0.462. The van der Waals surface area contributed by atoms with Crippen LogP contribution in [-0.2, 0) is 11.2 Å². The first-order valence-electron chi connectivity index (χ1n) is 5.84. The number of rotatable bonds is 6. The number of fused-ring (bicyclic) bond motifs is 1. The molecule has 1 atom stereocenters. The number of thiazole rings is 1. The Labute approximate surface area is 106 Å². The summed E-state index contributed by atoms with van der Waals surface area (Å²) < 4.78 is 6.38. The molecule has 0 saturated heterocycles. The summed E-state index contributed by atoms with van der Waals surface area (Å²) in [6.45, 7) is 0.788. The van der Waals surface area contributed by atoms with Gasteiger partial charge in [-0.05, 0) is 25.6 Å². The Balaban J connectivity index is 2.06. The predicted molar refractivity (Wildman–Crippen MR) is 72.7 cm³/mol. The highest BCUT2D eigenvalue weighted by atomic mass is 32.1. The van der Waals surface area contributed by atoms with Crippen LogP contribution in [0.2, 0.25) is 0 Å². The van der Waals surface area contributed by atoms with Crippen LogP contribution in [0.3, 0.4) is 0 Å². The smallest absolute Gasteiger partial charge is 0.0954 e. The third-order valence-corrected chi connectivity index (χ3v) is 3.90. The van der Waals surface area contributed by atoms with Gasteiger partial charge in [-0.3, -0.25) is 0 Å². The molecule has 0 aliphatic rings. The maximum absolute atomic E-state index is 5.11. The van der Waals surface area contributed by atoms with E-state index in [2.05, 4.69) is 28.5 Å². The molecule has 1 unspecified atom stereocenters. The second-order valence-electron chi connectivity index (χ2n) is 4.05. The van der Waals surface area contributed by atoms with E-state index in [1.54, 1.807) is 18.4 Å². The third-order valence-electron chi connectivity index (χ3n) is 2.84. The molecule has 0 aliphatic carbocycles. The number of nitrogens with zero attached hydrogens (tertiary/aromatic N) is 1. The fourth-order valence-electron chi connectivity index (χ4n) is 1.83. The molecule has 0 amide bonds. The average molecular weight is 250 g/mol. The van der Waals surface area contributed by atoms with Gasteiger partial charge in [0.15, 0.2) is 0 Å². The molecule has 0 fully saturated rings. The van der Waals surface area contributed by atoms with Crippen molar-refractivity contribution in [1.29, 1.82) is 0 Å². The number of methoxy groups -OCH3 is 1. The predicted octanol–water partition coefficient (Wildman–Crippen LogP) is 2.46. The van der Waals surface area contributed by atoms with Gasteiger partial charge < -0.3 is 10.1 Å². The maximum atomic E-state index is 5.11. The molecule has 1 aromatic carbocycles. The van der Waals surface area contributed by atoms with Crippen LogP contribution in [0.25, 0.3) is 10.2 Å². The molecule has 1 heterocycles. The van der Waals surface area contributed by atoms with Crippen molar-refractivity contribution in [1.82, 2.24) is 10.3 Å². The van der Waals surface area contributed by atoms with E-state index in [1.807, 2.05) is 13.1 Å². The average Bonchev–Trinajstić information content (AvgIpc) is 2.76. The molecule has 4 heteroatoms. The summed E-state index contributed by atoms with van der Waals surface area (Å²) in [6, 6.07) is 8.73.